The first-order valence-corrected chi connectivity index (χ1v) is 11.2. The predicted octanol–water partition coefficient (Wildman–Crippen LogP) is 4.92. The van der Waals surface area contributed by atoms with Gasteiger partial charge in [0.15, 0.2) is 5.16 Å². The molecule has 0 aliphatic rings. The Morgan fingerprint density at radius 2 is 2.03 bits per heavy atom. The number of furan rings is 1. The van der Waals surface area contributed by atoms with E-state index in [9.17, 15) is 14.0 Å². The molecule has 10 heteroatoms. The van der Waals surface area contributed by atoms with E-state index in [1.165, 1.54) is 23.9 Å². The summed E-state index contributed by atoms with van der Waals surface area (Å²) in [5.41, 5.74) is 1.24. The minimum absolute atomic E-state index is 0.0163. The molecule has 7 nitrogen and oxygen atoms in total. The first kappa shape index (κ1) is 22.6. The van der Waals surface area contributed by atoms with Crippen LogP contribution in [0, 0.1) is 5.82 Å². The molecule has 0 bridgehead atoms. The first-order chi connectivity index (χ1) is 16.0. The number of nitrogens with zero attached hydrogens (tertiary/aromatic N) is 2. The number of amides is 2. The van der Waals surface area contributed by atoms with Gasteiger partial charge in [0, 0.05) is 28.7 Å². The molecule has 2 N–H and O–H groups in total. The minimum Gasteiger partial charge on any atom is -0.467 e. The Labute approximate surface area is 198 Å². The molecule has 0 saturated heterocycles. The van der Waals surface area contributed by atoms with Crippen molar-refractivity contribution < 1.29 is 18.4 Å². The Kier molecular flexibility index (Phi) is 7.11. The zero-order valence-electron chi connectivity index (χ0n) is 17.1. The van der Waals surface area contributed by atoms with Crippen molar-refractivity contribution in [3.63, 3.8) is 0 Å². The van der Waals surface area contributed by atoms with Crippen LogP contribution in [0.2, 0.25) is 5.02 Å². The Morgan fingerprint density at radius 1 is 1.15 bits per heavy atom. The molecule has 0 saturated carbocycles. The van der Waals surface area contributed by atoms with E-state index in [-0.39, 0.29) is 34.8 Å². The number of thioether (sulfide) groups is 1. The van der Waals surface area contributed by atoms with Crippen LogP contribution in [0.5, 0.6) is 0 Å². The van der Waals surface area contributed by atoms with Crippen molar-refractivity contribution in [2.75, 3.05) is 11.1 Å². The summed E-state index contributed by atoms with van der Waals surface area (Å²) >= 11 is 6.92. The maximum Gasteiger partial charge on any atom is 0.251 e. The number of carbonyl (C=O) groups excluding carboxylic acids is 2. The third-order valence-electron chi connectivity index (χ3n) is 4.53. The van der Waals surface area contributed by atoms with Gasteiger partial charge in [-0.3, -0.25) is 14.2 Å². The molecule has 168 valence electrons. The minimum atomic E-state index is -0.607. The van der Waals surface area contributed by atoms with Gasteiger partial charge in [-0.2, -0.15) is 0 Å². The fourth-order valence-corrected chi connectivity index (χ4v) is 3.91. The summed E-state index contributed by atoms with van der Waals surface area (Å²) in [5, 5.41) is 6.12. The number of anilines is 1. The second-order valence-corrected chi connectivity index (χ2v) is 8.23. The van der Waals surface area contributed by atoms with Crippen molar-refractivity contribution in [3.05, 3.63) is 95.4 Å². The molecule has 0 radical (unpaired) electrons. The summed E-state index contributed by atoms with van der Waals surface area (Å²) in [5.74, 6) is -0.564. The summed E-state index contributed by atoms with van der Waals surface area (Å²) in [6.07, 6.45) is 4.88. The van der Waals surface area contributed by atoms with E-state index in [0.717, 1.165) is 6.07 Å². The SMILES string of the molecule is O=C(CSc1nccn1-c1cccc(C(=O)NCc2ccco2)c1)Nc1ccc(Cl)cc1F. The zero-order valence-corrected chi connectivity index (χ0v) is 18.7. The van der Waals surface area contributed by atoms with Gasteiger partial charge in [-0.15, -0.1) is 0 Å². The van der Waals surface area contributed by atoms with Crippen LogP contribution in [0.4, 0.5) is 10.1 Å². The van der Waals surface area contributed by atoms with Crippen LogP contribution in [0.1, 0.15) is 16.1 Å². The summed E-state index contributed by atoms with van der Waals surface area (Å²) in [6.45, 7) is 0.283. The number of imidazole rings is 1. The van der Waals surface area contributed by atoms with Crippen LogP contribution >= 0.6 is 23.4 Å². The first-order valence-electron chi connectivity index (χ1n) is 9.81. The molecule has 0 aliphatic carbocycles. The number of hydrogen-bond donors (Lipinski definition) is 2. The van der Waals surface area contributed by atoms with Gasteiger partial charge in [0.05, 0.1) is 24.2 Å². The fraction of sp³-hybridized carbons (Fsp3) is 0.0870. The van der Waals surface area contributed by atoms with E-state index in [2.05, 4.69) is 15.6 Å². The van der Waals surface area contributed by atoms with Crippen molar-refractivity contribution >= 4 is 40.9 Å². The fourth-order valence-electron chi connectivity index (χ4n) is 2.98. The number of rotatable bonds is 8. The smallest absolute Gasteiger partial charge is 0.251 e. The second-order valence-electron chi connectivity index (χ2n) is 6.85. The number of nitrogens with one attached hydrogen (secondary N) is 2. The molecule has 0 fully saturated rings. The lowest BCUT2D eigenvalue weighted by Gasteiger charge is -2.10. The van der Waals surface area contributed by atoms with Crippen LogP contribution in [0.25, 0.3) is 5.69 Å². The molecule has 4 aromatic rings. The largest absolute Gasteiger partial charge is 0.467 e. The van der Waals surface area contributed by atoms with Gasteiger partial charge in [-0.05, 0) is 48.5 Å². The van der Waals surface area contributed by atoms with Crippen molar-refractivity contribution in [2.45, 2.75) is 11.7 Å². The molecule has 4 rings (SSSR count). The standard InChI is InChI=1S/C23H18ClFN4O3S/c24-16-6-7-20(19(25)12-16)28-21(30)14-33-23-26-8-9-29(23)17-4-1-3-15(11-17)22(31)27-13-18-5-2-10-32-18/h1-12H,13-14H2,(H,27,31)(H,28,30). The van der Waals surface area contributed by atoms with Crippen molar-refractivity contribution in [1.82, 2.24) is 14.9 Å². The zero-order chi connectivity index (χ0) is 23.2. The van der Waals surface area contributed by atoms with Crippen molar-refractivity contribution in [1.29, 1.82) is 0 Å². The third kappa shape index (κ3) is 5.82. The number of hydrogen-bond acceptors (Lipinski definition) is 5. The quantitative estimate of drug-likeness (QED) is 0.346. The highest BCUT2D eigenvalue weighted by Gasteiger charge is 2.13. The van der Waals surface area contributed by atoms with Crippen LogP contribution < -0.4 is 10.6 Å². The van der Waals surface area contributed by atoms with Gasteiger partial charge in [0.25, 0.3) is 5.91 Å². The van der Waals surface area contributed by atoms with Crippen LogP contribution in [0.3, 0.4) is 0 Å². The van der Waals surface area contributed by atoms with Crippen molar-refractivity contribution in [2.24, 2.45) is 0 Å². The molecule has 2 aromatic heterocycles. The van der Waals surface area contributed by atoms with Gasteiger partial charge in [-0.25, -0.2) is 9.37 Å². The van der Waals surface area contributed by atoms with E-state index >= 15 is 0 Å². The van der Waals surface area contributed by atoms with E-state index in [1.807, 2.05) is 6.07 Å². The van der Waals surface area contributed by atoms with Crippen LogP contribution in [-0.4, -0.2) is 27.1 Å². The number of benzene rings is 2. The molecule has 0 unspecified atom stereocenters. The van der Waals surface area contributed by atoms with E-state index in [4.69, 9.17) is 16.0 Å². The lowest BCUT2D eigenvalue weighted by molar-refractivity contribution is -0.113. The average Bonchev–Trinajstić information content (AvgIpc) is 3.50. The Morgan fingerprint density at radius 3 is 2.82 bits per heavy atom. The Balaban J connectivity index is 1.40. The van der Waals surface area contributed by atoms with Crippen molar-refractivity contribution in [3.8, 4) is 5.69 Å². The summed E-state index contributed by atoms with van der Waals surface area (Å²) in [6, 6.07) is 14.6. The Hall–Kier alpha value is -3.56. The summed E-state index contributed by atoms with van der Waals surface area (Å²) in [4.78, 5) is 29.1. The molecule has 33 heavy (non-hydrogen) atoms. The second kappa shape index (κ2) is 10.4. The van der Waals surface area contributed by atoms with Gasteiger partial charge in [0.2, 0.25) is 5.91 Å². The molecule has 0 aliphatic heterocycles. The normalized spacial score (nSPS) is 10.7. The van der Waals surface area contributed by atoms with Gasteiger partial charge < -0.3 is 15.1 Å². The molecular weight excluding hydrogens is 467 g/mol. The maximum atomic E-state index is 13.9. The van der Waals surface area contributed by atoms with E-state index in [0.29, 0.717) is 22.2 Å². The van der Waals surface area contributed by atoms with E-state index in [1.54, 1.807) is 53.6 Å². The lowest BCUT2D eigenvalue weighted by Crippen LogP contribution is -2.22. The summed E-state index contributed by atoms with van der Waals surface area (Å²) < 4.78 is 20.9. The molecule has 2 amide bonds. The summed E-state index contributed by atoms with van der Waals surface area (Å²) in [7, 11) is 0. The molecule has 0 spiro atoms. The molecule has 0 atom stereocenters. The molecular formula is C23H18ClFN4O3S. The maximum absolute atomic E-state index is 13.9. The number of halogens is 2. The Bertz CT molecular complexity index is 1280. The third-order valence-corrected chi connectivity index (χ3v) is 5.74. The molecule has 2 heterocycles. The monoisotopic (exact) mass is 484 g/mol. The topological polar surface area (TPSA) is 89.2 Å². The average molecular weight is 485 g/mol. The number of carbonyl (C=O) groups is 2. The van der Waals surface area contributed by atoms with E-state index < -0.39 is 5.82 Å². The molecule has 2 aromatic carbocycles. The predicted molar refractivity (Wildman–Crippen MR) is 124 cm³/mol. The van der Waals surface area contributed by atoms with Gasteiger partial charge >= 0.3 is 0 Å². The van der Waals surface area contributed by atoms with Crippen LogP contribution in [-0.2, 0) is 11.3 Å². The van der Waals surface area contributed by atoms with Gasteiger partial charge in [-0.1, -0.05) is 29.4 Å². The highest BCUT2D eigenvalue weighted by atomic mass is 35.5. The highest BCUT2D eigenvalue weighted by Crippen LogP contribution is 2.23. The van der Waals surface area contributed by atoms with Crippen LogP contribution in [0.15, 0.2) is 82.8 Å². The lowest BCUT2D eigenvalue weighted by atomic mass is 10.2. The highest BCUT2D eigenvalue weighted by molar-refractivity contribution is 7.99. The number of aromatic nitrogens is 2. The van der Waals surface area contributed by atoms with Gasteiger partial charge in [0.1, 0.15) is 11.6 Å².